The molecule has 0 saturated carbocycles. The van der Waals surface area contributed by atoms with Crippen LogP contribution < -0.4 is 0 Å². The van der Waals surface area contributed by atoms with Crippen LogP contribution in [0.4, 0.5) is 0 Å². The summed E-state index contributed by atoms with van der Waals surface area (Å²) in [4.78, 5) is 32.1. The van der Waals surface area contributed by atoms with Gasteiger partial charge in [0.05, 0.1) is 25.5 Å². The molecule has 0 aliphatic heterocycles. The van der Waals surface area contributed by atoms with Gasteiger partial charge in [0, 0.05) is 25.4 Å². The minimum absolute atomic E-state index is 0.00711. The topological polar surface area (TPSA) is 73.7 Å². The Bertz CT molecular complexity index is 971. The monoisotopic (exact) mass is 802 g/mol. The number of carbonyl (C=O) groups excluding carboxylic acids is 2. The van der Waals surface area contributed by atoms with E-state index in [1.165, 1.54) is 180 Å². The molecule has 1 atom stereocenters. The number of hydrogen-bond acceptors (Lipinski definition) is 6. The number of esters is 2. The highest BCUT2D eigenvalue weighted by Crippen LogP contribution is 2.21. The summed E-state index contributed by atoms with van der Waals surface area (Å²) >= 11 is 0. The van der Waals surface area contributed by atoms with Crippen molar-refractivity contribution in [2.45, 2.75) is 252 Å². The first-order valence-corrected chi connectivity index (χ1v) is 25.1. The highest BCUT2D eigenvalue weighted by Gasteiger charge is 2.19. The van der Waals surface area contributed by atoms with Crippen LogP contribution in [0.1, 0.15) is 245 Å². The molecule has 7 nitrogen and oxygen atoms in total. The Labute approximate surface area is 354 Å². The molecule has 7 heteroatoms. The highest BCUT2D eigenvalue weighted by molar-refractivity contribution is 5.72. The second kappa shape index (κ2) is 42.2. The third-order valence-electron chi connectivity index (χ3n) is 11.8. The summed E-state index contributed by atoms with van der Waals surface area (Å²) < 4.78 is 13.5. The van der Waals surface area contributed by atoms with E-state index >= 15 is 0 Å². The molecule has 0 N–H and O–H groups in total. The smallest absolute Gasteiger partial charge is 0.308 e. The molecule has 0 aliphatic rings. The first-order chi connectivity index (χ1) is 28.1. The summed E-state index contributed by atoms with van der Waals surface area (Å²) in [5.74, 6) is 0.175. The largest absolute Gasteiger partial charge is 0.466 e. The van der Waals surface area contributed by atoms with Gasteiger partial charge >= 0.3 is 11.9 Å². The molecule has 1 rings (SSSR count). The van der Waals surface area contributed by atoms with Crippen molar-refractivity contribution < 1.29 is 19.1 Å². The van der Waals surface area contributed by atoms with Gasteiger partial charge in [-0.15, -0.1) is 0 Å². The van der Waals surface area contributed by atoms with Crippen LogP contribution in [0.5, 0.6) is 0 Å². The van der Waals surface area contributed by atoms with Gasteiger partial charge in [-0.05, 0) is 71.0 Å². The number of aromatic nitrogens is 2. The highest BCUT2D eigenvalue weighted by atomic mass is 16.5. The molecule has 1 unspecified atom stereocenters. The van der Waals surface area contributed by atoms with Crippen LogP contribution in [0.15, 0.2) is 18.7 Å². The van der Waals surface area contributed by atoms with E-state index in [-0.39, 0.29) is 17.9 Å². The summed E-state index contributed by atoms with van der Waals surface area (Å²) in [6, 6.07) is 0. The van der Waals surface area contributed by atoms with Crippen molar-refractivity contribution in [3.05, 3.63) is 18.7 Å². The van der Waals surface area contributed by atoms with Gasteiger partial charge in [0.25, 0.3) is 0 Å². The molecule has 57 heavy (non-hydrogen) atoms. The molecule has 0 fully saturated rings. The van der Waals surface area contributed by atoms with Crippen LogP contribution in [0.25, 0.3) is 0 Å². The Morgan fingerprint density at radius 2 is 0.930 bits per heavy atom. The van der Waals surface area contributed by atoms with E-state index in [4.69, 9.17) is 9.47 Å². The zero-order valence-corrected chi connectivity index (χ0v) is 38.3. The van der Waals surface area contributed by atoms with Crippen molar-refractivity contribution in [1.82, 2.24) is 14.5 Å². The minimum atomic E-state index is -0.00711. The predicted molar refractivity (Wildman–Crippen MR) is 243 cm³/mol. The number of imidazole rings is 1. The molecule has 334 valence electrons. The maximum absolute atomic E-state index is 13.1. The molecular formula is C50H95N3O4. The molecule has 1 aromatic heterocycles. The lowest BCUT2D eigenvalue weighted by Gasteiger charge is -2.22. The number of unbranched alkanes of at least 4 members (excludes halogenated alkanes) is 26. The van der Waals surface area contributed by atoms with Crippen LogP contribution in [0.2, 0.25) is 0 Å². The van der Waals surface area contributed by atoms with Crippen LogP contribution >= 0.6 is 0 Å². The fourth-order valence-corrected chi connectivity index (χ4v) is 8.02. The Balaban J connectivity index is 2.23. The molecule has 1 aromatic rings. The Kier molecular flexibility index (Phi) is 39.4. The lowest BCUT2D eigenvalue weighted by atomic mass is 9.94. The molecule has 0 aliphatic carbocycles. The van der Waals surface area contributed by atoms with E-state index in [0.29, 0.717) is 19.6 Å². The van der Waals surface area contributed by atoms with E-state index in [0.717, 1.165) is 64.5 Å². The average molecular weight is 802 g/mol. The molecule has 0 aromatic carbocycles. The van der Waals surface area contributed by atoms with Gasteiger partial charge < -0.3 is 18.9 Å². The number of aryl methyl sites for hydroxylation is 1. The number of nitrogens with zero attached hydrogens (tertiary/aromatic N) is 3. The van der Waals surface area contributed by atoms with Crippen molar-refractivity contribution >= 4 is 11.9 Å². The van der Waals surface area contributed by atoms with E-state index < -0.39 is 0 Å². The molecule has 1 heterocycles. The predicted octanol–water partition coefficient (Wildman–Crippen LogP) is 14.6. The van der Waals surface area contributed by atoms with Crippen LogP contribution in [-0.2, 0) is 25.6 Å². The molecular weight excluding hydrogens is 707 g/mol. The van der Waals surface area contributed by atoms with Gasteiger partial charge in [0.1, 0.15) is 0 Å². The van der Waals surface area contributed by atoms with Crippen LogP contribution in [0, 0.1) is 5.92 Å². The normalized spacial score (nSPS) is 12.1. The maximum Gasteiger partial charge on any atom is 0.308 e. The SMILES string of the molecule is CCCCCCCCCOC(=O)CCCCCCCCN(CCCCCCCOC(=O)C(CCCCCCCC)CCCCCCCCC)CCCn1ccnc1. The lowest BCUT2D eigenvalue weighted by molar-refractivity contribution is -0.149. The van der Waals surface area contributed by atoms with Gasteiger partial charge in [-0.3, -0.25) is 9.59 Å². The summed E-state index contributed by atoms with van der Waals surface area (Å²) in [5.41, 5.74) is 0. The zero-order valence-electron chi connectivity index (χ0n) is 38.3. The van der Waals surface area contributed by atoms with Crippen molar-refractivity contribution in [2.24, 2.45) is 5.92 Å². The summed E-state index contributed by atoms with van der Waals surface area (Å²) in [5, 5.41) is 0. The van der Waals surface area contributed by atoms with Crippen molar-refractivity contribution in [3.63, 3.8) is 0 Å². The Morgan fingerprint density at radius 1 is 0.509 bits per heavy atom. The zero-order chi connectivity index (χ0) is 41.1. The van der Waals surface area contributed by atoms with Crippen LogP contribution in [-0.4, -0.2) is 59.2 Å². The van der Waals surface area contributed by atoms with Gasteiger partial charge in [0.2, 0.25) is 0 Å². The van der Waals surface area contributed by atoms with Gasteiger partial charge in [-0.25, -0.2) is 4.98 Å². The van der Waals surface area contributed by atoms with Gasteiger partial charge in [0.15, 0.2) is 0 Å². The Hall–Kier alpha value is -1.89. The van der Waals surface area contributed by atoms with E-state index in [2.05, 4.69) is 41.4 Å². The molecule has 0 amide bonds. The van der Waals surface area contributed by atoms with E-state index in [1.807, 2.05) is 12.5 Å². The average Bonchev–Trinajstić information content (AvgIpc) is 3.74. The fourth-order valence-electron chi connectivity index (χ4n) is 8.02. The summed E-state index contributed by atoms with van der Waals surface area (Å²) in [6.45, 7) is 12.5. The number of hydrogen-bond donors (Lipinski definition) is 0. The van der Waals surface area contributed by atoms with E-state index in [9.17, 15) is 9.59 Å². The van der Waals surface area contributed by atoms with Gasteiger partial charge in [-0.2, -0.15) is 0 Å². The quantitative estimate of drug-likeness (QED) is 0.0483. The molecule has 0 bridgehead atoms. The summed E-state index contributed by atoms with van der Waals surface area (Å²) in [7, 11) is 0. The van der Waals surface area contributed by atoms with Crippen LogP contribution in [0.3, 0.4) is 0 Å². The maximum atomic E-state index is 13.1. The first-order valence-electron chi connectivity index (χ1n) is 25.1. The third-order valence-corrected chi connectivity index (χ3v) is 11.8. The standard InChI is InChI=1S/C50H95N3O4/c1-4-7-10-13-16-22-29-37-48(36-28-21-15-12-9-6-3)50(55)57-46-34-27-20-25-32-41-52(42-35-43-53-44-39-51-47-53)40-31-24-18-17-23-30-38-49(54)56-45-33-26-19-14-11-8-5-2/h39,44,47-48H,4-38,40-43,45-46H2,1-3H3. The molecule has 0 spiro atoms. The first kappa shape index (κ1) is 53.1. The van der Waals surface area contributed by atoms with Crippen molar-refractivity contribution in [1.29, 1.82) is 0 Å². The molecule has 0 radical (unpaired) electrons. The Morgan fingerprint density at radius 3 is 1.42 bits per heavy atom. The number of rotatable bonds is 45. The van der Waals surface area contributed by atoms with Gasteiger partial charge in [-0.1, -0.05) is 188 Å². The van der Waals surface area contributed by atoms with Crippen molar-refractivity contribution in [2.75, 3.05) is 32.8 Å². The number of ether oxygens (including phenoxy) is 2. The second-order valence-electron chi connectivity index (χ2n) is 17.3. The molecule has 0 saturated heterocycles. The van der Waals surface area contributed by atoms with Crippen molar-refractivity contribution in [3.8, 4) is 0 Å². The third kappa shape index (κ3) is 35.7. The lowest BCUT2D eigenvalue weighted by Crippen LogP contribution is -2.28. The second-order valence-corrected chi connectivity index (χ2v) is 17.3. The summed E-state index contributed by atoms with van der Waals surface area (Å²) in [6.07, 6.45) is 47.9. The number of carbonyl (C=O) groups is 2. The van der Waals surface area contributed by atoms with E-state index in [1.54, 1.807) is 0 Å². The minimum Gasteiger partial charge on any atom is -0.466 e. The fraction of sp³-hybridized carbons (Fsp3) is 0.900.